The van der Waals surface area contributed by atoms with Crippen LogP contribution in [-0.4, -0.2) is 22.2 Å². The average molecular weight is 260 g/mol. The highest BCUT2D eigenvalue weighted by Crippen LogP contribution is 2.31. The van der Waals surface area contributed by atoms with Gasteiger partial charge in [0.25, 0.3) is 0 Å². The number of ether oxygens (including phenoxy) is 1. The maximum absolute atomic E-state index is 9.95. The minimum atomic E-state index is -0.978. The molecule has 2 aromatic rings. The number of nitrogens with one attached hydrogen (secondary N) is 1. The molecule has 0 fully saturated rings. The van der Waals surface area contributed by atoms with Crippen molar-refractivity contribution >= 4 is 0 Å². The first-order chi connectivity index (χ1) is 8.95. The molecule has 1 aromatic carbocycles. The maximum Gasteiger partial charge on any atom is 0.138 e. The smallest absolute Gasteiger partial charge is 0.138 e. The van der Waals surface area contributed by atoms with Crippen LogP contribution in [0.3, 0.4) is 0 Å². The quantitative estimate of drug-likeness (QED) is 0.888. The number of imidazole rings is 1. The summed E-state index contributed by atoms with van der Waals surface area (Å²) in [5.41, 5.74) is 2.07. The van der Waals surface area contributed by atoms with E-state index in [1.54, 1.807) is 27.2 Å². The molecule has 102 valence electrons. The lowest BCUT2D eigenvalue weighted by atomic mass is 10.1. The molecule has 0 radical (unpaired) electrons. The number of aliphatic hydroxyl groups is 1. The number of aryl methyl sites for hydroxylation is 1. The Kier molecular flexibility index (Phi) is 3.62. The molecular formula is C15H20N2O2. The SMILES string of the molecule is CCc1ccc(OC)c(-c2cnc(C(C)(C)O)[nH]2)c1. The normalized spacial score (nSPS) is 11.6. The Morgan fingerprint density at radius 3 is 2.63 bits per heavy atom. The molecule has 0 spiro atoms. The second kappa shape index (κ2) is 5.05. The number of methoxy groups -OCH3 is 1. The molecule has 1 aromatic heterocycles. The number of H-pyrrole nitrogens is 1. The number of hydrogen-bond acceptors (Lipinski definition) is 3. The Balaban J connectivity index is 2.48. The lowest BCUT2D eigenvalue weighted by Crippen LogP contribution is -2.17. The Hall–Kier alpha value is -1.81. The van der Waals surface area contributed by atoms with Crippen LogP contribution in [0.1, 0.15) is 32.2 Å². The summed E-state index contributed by atoms with van der Waals surface area (Å²) in [5.74, 6) is 1.34. The number of nitrogens with zero attached hydrogens (tertiary/aromatic N) is 1. The highest BCUT2D eigenvalue weighted by molar-refractivity contribution is 5.67. The zero-order chi connectivity index (χ0) is 14.0. The van der Waals surface area contributed by atoms with E-state index >= 15 is 0 Å². The summed E-state index contributed by atoms with van der Waals surface area (Å²) in [6.45, 7) is 5.52. The standard InChI is InChI=1S/C15H20N2O2/c1-5-10-6-7-13(19-4)11(8-10)12-9-16-14(17-12)15(2,3)18/h6-9,18H,5H2,1-4H3,(H,16,17). The zero-order valence-electron chi connectivity index (χ0n) is 11.8. The van der Waals surface area contributed by atoms with Crippen molar-refractivity contribution in [3.63, 3.8) is 0 Å². The summed E-state index contributed by atoms with van der Waals surface area (Å²) in [4.78, 5) is 7.39. The molecular weight excluding hydrogens is 240 g/mol. The average Bonchev–Trinajstić information content (AvgIpc) is 2.87. The van der Waals surface area contributed by atoms with Crippen LogP contribution >= 0.6 is 0 Å². The van der Waals surface area contributed by atoms with Crippen LogP contribution < -0.4 is 4.74 Å². The number of benzene rings is 1. The zero-order valence-corrected chi connectivity index (χ0v) is 11.8. The third kappa shape index (κ3) is 2.79. The third-order valence-corrected chi connectivity index (χ3v) is 3.12. The van der Waals surface area contributed by atoms with E-state index < -0.39 is 5.60 Å². The van der Waals surface area contributed by atoms with Gasteiger partial charge in [0.05, 0.1) is 19.0 Å². The number of aromatic amines is 1. The van der Waals surface area contributed by atoms with E-state index in [-0.39, 0.29) is 0 Å². The Morgan fingerprint density at radius 1 is 1.37 bits per heavy atom. The van der Waals surface area contributed by atoms with Gasteiger partial charge in [0.15, 0.2) is 0 Å². The van der Waals surface area contributed by atoms with Crippen molar-refractivity contribution in [1.82, 2.24) is 9.97 Å². The van der Waals surface area contributed by atoms with Crippen molar-refractivity contribution in [3.05, 3.63) is 35.8 Å². The van der Waals surface area contributed by atoms with Gasteiger partial charge in [-0.3, -0.25) is 0 Å². The lowest BCUT2D eigenvalue weighted by molar-refractivity contribution is 0.0697. The van der Waals surface area contributed by atoms with Gasteiger partial charge in [0.2, 0.25) is 0 Å². The van der Waals surface area contributed by atoms with E-state index in [9.17, 15) is 5.11 Å². The summed E-state index contributed by atoms with van der Waals surface area (Å²) in [6, 6.07) is 6.09. The molecule has 0 aliphatic rings. The van der Waals surface area contributed by atoms with Crippen molar-refractivity contribution in [3.8, 4) is 17.0 Å². The van der Waals surface area contributed by atoms with Crippen LogP contribution in [0, 0.1) is 0 Å². The summed E-state index contributed by atoms with van der Waals surface area (Å²) < 4.78 is 5.38. The van der Waals surface area contributed by atoms with E-state index in [2.05, 4.69) is 29.0 Å². The first kappa shape index (κ1) is 13.6. The van der Waals surface area contributed by atoms with Crippen LogP contribution in [-0.2, 0) is 12.0 Å². The molecule has 0 bridgehead atoms. The fourth-order valence-corrected chi connectivity index (χ4v) is 1.95. The number of rotatable bonds is 4. The molecule has 0 unspecified atom stereocenters. The fraction of sp³-hybridized carbons (Fsp3) is 0.400. The first-order valence-corrected chi connectivity index (χ1v) is 6.41. The Labute approximate surface area is 113 Å². The van der Waals surface area contributed by atoms with E-state index in [4.69, 9.17) is 4.74 Å². The molecule has 0 aliphatic heterocycles. The van der Waals surface area contributed by atoms with Crippen molar-refractivity contribution in [1.29, 1.82) is 0 Å². The van der Waals surface area contributed by atoms with Crippen LogP contribution in [0.25, 0.3) is 11.3 Å². The van der Waals surface area contributed by atoms with Crippen molar-refractivity contribution in [2.75, 3.05) is 7.11 Å². The molecule has 2 N–H and O–H groups in total. The highest BCUT2D eigenvalue weighted by atomic mass is 16.5. The van der Waals surface area contributed by atoms with Crippen molar-refractivity contribution < 1.29 is 9.84 Å². The molecule has 1 heterocycles. The monoisotopic (exact) mass is 260 g/mol. The second-order valence-electron chi connectivity index (χ2n) is 5.09. The van der Waals surface area contributed by atoms with E-state index in [0.29, 0.717) is 5.82 Å². The number of hydrogen-bond donors (Lipinski definition) is 2. The van der Waals surface area contributed by atoms with Gasteiger partial charge in [0, 0.05) is 5.56 Å². The second-order valence-corrected chi connectivity index (χ2v) is 5.09. The van der Waals surface area contributed by atoms with Gasteiger partial charge >= 0.3 is 0 Å². The summed E-state index contributed by atoms with van der Waals surface area (Å²) in [5, 5.41) is 9.95. The van der Waals surface area contributed by atoms with Gasteiger partial charge in [-0.2, -0.15) is 0 Å². The first-order valence-electron chi connectivity index (χ1n) is 6.41. The van der Waals surface area contributed by atoms with Gasteiger partial charge in [0.1, 0.15) is 17.2 Å². The van der Waals surface area contributed by atoms with Gasteiger partial charge in [-0.1, -0.05) is 13.0 Å². The maximum atomic E-state index is 9.95. The predicted molar refractivity (Wildman–Crippen MR) is 75.2 cm³/mol. The molecule has 19 heavy (non-hydrogen) atoms. The molecule has 4 nitrogen and oxygen atoms in total. The van der Waals surface area contributed by atoms with Gasteiger partial charge in [-0.05, 0) is 38.0 Å². The molecule has 2 rings (SSSR count). The fourth-order valence-electron chi connectivity index (χ4n) is 1.95. The highest BCUT2D eigenvalue weighted by Gasteiger charge is 2.20. The van der Waals surface area contributed by atoms with Crippen molar-refractivity contribution in [2.24, 2.45) is 0 Å². The van der Waals surface area contributed by atoms with E-state index in [1.165, 1.54) is 5.56 Å². The summed E-state index contributed by atoms with van der Waals surface area (Å²) in [6.07, 6.45) is 2.69. The molecule has 0 saturated carbocycles. The van der Waals surface area contributed by atoms with Gasteiger partial charge in [-0.25, -0.2) is 4.98 Å². The minimum absolute atomic E-state index is 0.548. The third-order valence-electron chi connectivity index (χ3n) is 3.12. The Bertz CT molecular complexity index is 568. The van der Waals surface area contributed by atoms with Crippen LogP contribution in [0.15, 0.2) is 24.4 Å². The van der Waals surface area contributed by atoms with Gasteiger partial charge < -0.3 is 14.8 Å². The summed E-state index contributed by atoms with van der Waals surface area (Å²) in [7, 11) is 1.65. The van der Waals surface area contributed by atoms with E-state index in [0.717, 1.165) is 23.4 Å². The topological polar surface area (TPSA) is 58.1 Å². The molecule has 4 heteroatoms. The summed E-state index contributed by atoms with van der Waals surface area (Å²) >= 11 is 0. The van der Waals surface area contributed by atoms with Crippen LogP contribution in [0.2, 0.25) is 0 Å². The van der Waals surface area contributed by atoms with E-state index in [1.807, 2.05) is 6.07 Å². The van der Waals surface area contributed by atoms with Gasteiger partial charge in [-0.15, -0.1) is 0 Å². The Morgan fingerprint density at radius 2 is 2.11 bits per heavy atom. The molecule has 0 saturated heterocycles. The minimum Gasteiger partial charge on any atom is -0.496 e. The predicted octanol–water partition coefficient (Wildman–Crippen LogP) is 2.88. The molecule has 0 amide bonds. The van der Waals surface area contributed by atoms with Crippen molar-refractivity contribution in [2.45, 2.75) is 32.8 Å². The molecule has 0 atom stereocenters. The molecule has 0 aliphatic carbocycles. The largest absolute Gasteiger partial charge is 0.496 e. The van der Waals surface area contributed by atoms with Crippen LogP contribution in [0.5, 0.6) is 5.75 Å². The van der Waals surface area contributed by atoms with Crippen LogP contribution in [0.4, 0.5) is 0 Å². The number of aromatic nitrogens is 2. The lowest BCUT2D eigenvalue weighted by Gasteiger charge is -2.13.